The van der Waals surface area contributed by atoms with E-state index in [9.17, 15) is 9.59 Å². The topological polar surface area (TPSA) is 89.6 Å². The zero-order valence-electron chi connectivity index (χ0n) is 20.2. The van der Waals surface area contributed by atoms with Crippen molar-refractivity contribution in [3.05, 3.63) is 71.8 Å². The smallest absolute Gasteiger partial charge is 0.255 e. The maximum atomic E-state index is 14.0. The number of amides is 2. The molecule has 0 aromatic heterocycles. The van der Waals surface area contributed by atoms with Crippen molar-refractivity contribution in [2.45, 2.75) is 56.0 Å². The van der Waals surface area contributed by atoms with Gasteiger partial charge < -0.3 is 29.2 Å². The summed E-state index contributed by atoms with van der Waals surface area (Å²) in [4.78, 5) is 30.5. The van der Waals surface area contributed by atoms with Gasteiger partial charge in [0, 0.05) is 20.1 Å². The summed E-state index contributed by atoms with van der Waals surface area (Å²) >= 11 is 0. The SMILES string of the molecule is CNC(=O)[C@@H]1O[C@H]2O[C@@H]1CN(C(=O)[C@@H]1O[C@@H]3CN(Cc4ccccc4)C[C@H]1O3)C2Cc1ccccc1. The summed E-state index contributed by atoms with van der Waals surface area (Å²) in [5, 5.41) is 2.64. The largest absolute Gasteiger partial charge is 0.357 e. The van der Waals surface area contributed by atoms with E-state index in [0.29, 0.717) is 19.5 Å². The molecule has 0 radical (unpaired) electrons. The van der Waals surface area contributed by atoms with Crippen molar-refractivity contribution in [1.29, 1.82) is 0 Å². The number of hydrogen-bond donors (Lipinski definition) is 1. The Morgan fingerprint density at radius 1 is 0.833 bits per heavy atom. The van der Waals surface area contributed by atoms with Crippen molar-refractivity contribution in [3.8, 4) is 0 Å². The minimum Gasteiger partial charge on any atom is -0.357 e. The average molecular weight is 494 g/mol. The fourth-order valence-corrected chi connectivity index (χ4v) is 5.66. The van der Waals surface area contributed by atoms with E-state index in [1.807, 2.05) is 48.5 Å². The number of carbonyl (C=O) groups excluding carboxylic acids is 2. The first-order valence-electron chi connectivity index (χ1n) is 12.5. The molecule has 36 heavy (non-hydrogen) atoms. The highest BCUT2D eigenvalue weighted by Crippen LogP contribution is 2.35. The van der Waals surface area contributed by atoms with Gasteiger partial charge in [0.1, 0.15) is 12.2 Å². The van der Waals surface area contributed by atoms with Gasteiger partial charge in [0.05, 0.1) is 19.1 Å². The Balaban J connectivity index is 1.20. The van der Waals surface area contributed by atoms with Gasteiger partial charge in [-0.3, -0.25) is 14.5 Å². The molecule has 2 aromatic rings. The summed E-state index contributed by atoms with van der Waals surface area (Å²) < 4.78 is 24.3. The van der Waals surface area contributed by atoms with Crippen molar-refractivity contribution in [2.75, 3.05) is 26.7 Å². The van der Waals surface area contributed by atoms with E-state index < -0.39 is 30.9 Å². The van der Waals surface area contributed by atoms with Gasteiger partial charge in [-0.15, -0.1) is 0 Å². The minimum atomic E-state index is -0.752. The number of morpholine rings is 2. The lowest BCUT2D eigenvalue weighted by molar-refractivity contribution is -0.175. The highest BCUT2D eigenvalue weighted by atomic mass is 16.7. The molecule has 4 heterocycles. The summed E-state index contributed by atoms with van der Waals surface area (Å²) in [6, 6.07) is 19.8. The molecule has 2 aromatic carbocycles. The van der Waals surface area contributed by atoms with Gasteiger partial charge >= 0.3 is 0 Å². The molecule has 4 aliphatic heterocycles. The summed E-state index contributed by atoms with van der Waals surface area (Å²) in [6.07, 6.45) is -2.92. The lowest BCUT2D eigenvalue weighted by atomic mass is 10.0. The molecule has 0 spiro atoms. The Kier molecular flexibility index (Phi) is 6.49. The van der Waals surface area contributed by atoms with E-state index in [0.717, 1.165) is 12.1 Å². The second-order valence-electron chi connectivity index (χ2n) is 9.80. The lowest BCUT2D eigenvalue weighted by Crippen LogP contribution is -2.59. The number of nitrogens with one attached hydrogen (secondary N) is 1. The summed E-state index contributed by atoms with van der Waals surface area (Å²) in [7, 11) is 1.57. The second kappa shape index (κ2) is 9.91. The van der Waals surface area contributed by atoms with E-state index in [1.165, 1.54) is 5.56 Å². The molecule has 9 nitrogen and oxygen atoms in total. The fourth-order valence-electron chi connectivity index (χ4n) is 5.66. The molecule has 0 saturated carbocycles. The van der Waals surface area contributed by atoms with Gasteiger partial charge in [-0.2, -0.15) is 0 Å². The Labute approximate surface area is 210 Å². The van der Waals surface area contributed by atoms with Gasteiger partial charge in [-0.25, -0.2) is 0 Å². The molecule has 190 valence electrons. The first kappa shape index (κ1) is 23.6. The van der Waals surface area contributed by atoms with Gasteiger partial charge in [-0.05, 0) is 17.5 Å². The van der Waals surface area contributed by atoms with Gasteiger partial charge in [0.2, 0.25) is 0 Å². The maximum absolute atomic E-state index is 14.0. The predicted molar refractivity (Wildman–Crippen MR) is 129 cm³/mol. The van der Waals surface area contributed by atoms with Crippen LogP contribution in [-0.2, 0) is 41.5 Å². The zero-order valence-corrected chi connectivity index (χ0v) is 20.2. The fraction of sp³-hybridized carbons (Fsp3) is 0.481. The molecule has 6 rings (SSSR count). The molecule has 1 unspecified atom stereocenters. The Morgan fingerprint density at radius 3 is 2.25 bits per heavy atom. The molecule has 4 fully saturated rings. The van der Waals surface area contributed by atoms with Crippen LogP contribution in [0, 0.1) is 0 Å². The molecule has 4 saturated heterocycles. The van der Waals surface area contributed by atoms with Crippen molar-refractivity contribution in [3.63, 3.8) is 0 Å². The second-order valence-corrected chi connectivity index (χ2v) is 9.80. The first-order valence-corrected chi connectivity index (χ1v) is 12.5. The number of fused-ring (bicyclic) bond motifs is 4. The van der Waals surface area contributed by atoms with Gasteiger partial charge in [0.15, 0.2) is 24.8 Å². The van der Waals surface area contributed by atoms with E-state index in [1.54, 1.807) is 11.9 Å². The molecule has 2 amide bonds. The molecule has 9 heteroatoms. The number of nitrogens with zero attached hydrogens (tertiary/aromatic N) is 2. The summed E-state index contributed by atoms with van der Waals surface area (Å²) in [5.74, 6) is -0.382. The van der Waals surface area contributed by atoms with E-state index in [4.69, 9.17) is 18.9 Å². The number of likely N-dealkylation sites (N-methyl/N-ethyl adjacent to an activating group) is 1. The van der Waals surface area contributed by atoms with E-state index in [-0.39, 0.29) is 30.5 Å². The number of carbonyl (C=O) groups is 2. The quantitative estimate of drug-likeness (QED) is 0.640. The standard InChI is InChI=1S/C27H31N3O6/c1-28-25(31)23-21-15-30(19(27(34-21)36-23)12-17-8-4-2-5-9-17)26(32)24-20-14-29(16-22(33-20)35-24)13-18-10-6-3-7-11-18/h2-11,19-24,27H,12-16H2,1H3,(H,28,31)/t19?,20-,21-,22-,23-,24-,27-/m1/s1. The van der Waals surface area contributed by atoms with Gasteiger partial charge in [0.25, 0.3) is 11.8 Å². The normalized spacial score (nSPS) is 33.5. The van der Waals surface area contributed by atoms with Crippen molar-refractivity contribution in [2.24, 2.45) is 0 Å². The Bertz CT molecular complexity index is 1090. The predicted octanol–water partition coefficient (Wildman–Crippen LogP) is 0.922. The molecule has 1 N–H and O–H groups in total. The number of ether oxygens (including phenoxy) is 4. The summed E-state index contributed by atoms with van der Waals surface area (Å²) in [5.41, 5.74) is 2.28. The first-order chi connectivity index (χ1) is 17.6. The van der Waals surface area contributed by atoms with Crippen molar-refractivity contribution >= 4 is 11.8 Å². The van der Waals surface area contributed by atoms with Crippen LogP contribution in [0.1, 0.15) is 11.1 Å². The van der Waals surface area contributed by atoms with Crippen LogP contribution in [0.25, 0.3) is 0 Å². The Hall–Kier alpha value is -2.82. The molecule has 0 aliphatic carbocycles. The van der Waals surface area contributed by atoms with Crippen LogP contribution in [-0.4, -0.2) is 91.3 Å². The van der Waals surface area contributed by atoms with Crippen LogP contribution >= 0.6 is 0 Å². The van der Waals surface area contributed by atoms with E-state index >= 15 is 0 Å². The maximum Gasteiger partial charge on any atom is 0.255 e. The van der Waals surface area contributed by atoms with E-state index in [2.05, 4.69) is 22.3 Å². The third kappa shape index (κ3) is 4.53. The highest BCUT2D eigenvalue weighted by molar-refractivity contribution is 5.84. The van der Waals surface area contributed by atoms with Crippen LogP contribution in [0.2, 0.25) is 0 Å². The number of rotatable bonds is 6. The average Bonchev–Trinajstić information content (AvgIpc) is 3.42. The molecular weight excluding hydrogens is 462 g/mol. The third-order valence-corrected chi connectivity index (χ3v) is 7.39. The number of hydrogen-bond acceptors (Lipinski definition) is 7. The highest BCUT2D eigenvalue weighted by Gasteiger charge is 2.55. The number of benzene rings is 2. The molecular formula is C27H31N3O6. The van der Waals surface area contributed by atoms with Crippen LogP contribution in [0.15, 0.2) is 60.7 Å². The Morgan fingerprint density at radius 2 is 1.53 bits per heavy atom. The van der Waals surface area contributed by atoms with Crippen LogP contribution in [0.5, 0.6) is 0 Å². The van der Waals surface area contributed by atoms with Crippen LogP contribution in [0.4, 0.5) is 0 Å². The minimum absolute atomic E-state index is 0.135. The third-order valence-electron chi connectivity index (χ3n) is 7.39. The van der Waals surface area contributed by atoms with Gasteiger partial charge in [-0.1, -0.05) is 60.7 Å². The molecule has 4 bridgehead atoms. The molecule has 7 atom stereocenters. The van der Waals surface area contributed by atoms with Crippen molar-refractivity contribution < 1.29 is 28.5 Å². The van der Waals surface area contributed by atoms with Crippen LogP contribution < -0.4 is 5.32 Å². The lowest BCUT2D eigenvalue weighted by Gasteiger charge is -2.40. The summed E-state index contributed by atoms with van der Waals surface area (Å²) in [6.45, 7) is 2.26. The monoisotopic (exact) mass is 493 g/mol. The van der Waals surface area contributed by atoms with Crippen molar-refractivity contribution in [1.82, 2.24) is 15.1 Å². The van der Waals surface area contributed by atoms with Crippen LogP contribution in [0.3, 0.4) is 0 Å². The zero-order chi connectivity index (χ0) is 24.6. The molecule has 4 aliphatic rings.